The van der Waals surface area contributed by atoms with Crippen molar-refractivity contribution in [1.82, 2.24) is 5.32 Å². The van der Waals surface area contributed by atoms with Crippen molar-refractivity contribution in [2.24, 2.45) is 0 Å². The van der Waals surface area contributed by atoms with Gasteiger partial charge in [0.1, 0.15) is 5.25 Å². The van der Waals surface area contributed by atoms with Gasteiger partial charge in [-0.25, -0.2) is 0 Å². The van der Waals surface area contributed by atoms with Crippen LogP contribution in [0.2, 0.25) is 0 Å². The normalized spacial score (nSPS) is 13.3. The molecule has 1 aromatic rings. The Morgan fingerprint density at radius 2 is 1.90 bits per heavy atom. The molecule has 0 fully saturated rings. The molecule has 0 bridgehead atoms. The summed E-state index contributed by atoms with van der Waals surface area (Å²) in [6.07, 6.45) is -0.812. The van der Waals surface area contributed by atoms with Crippen molar-refractivity contribution < 1.29 is 19.1 Å². The minimum atomic E-state index is -0.812. The number of ether oxygens (including phenoxy) is 2. The summed E-state index contributed by atoms with van der Waals surface area (Å²) in [6.45, 7) is 4.13. The molecule has 0 heterocycles. The Hall–Kier alpha value is -1.53. The Bertz CT molecular complexity index is 452. The lowest BCUT2D eigenvalue weighted by Crippen LogP contribution is -2.38. The van der Waals surface area contributed by atoms with Crippen LogP contribution in [0.25, 0.3) is 0 Å². The molecule has 1 rings (SSSR count). The molecule has 21 heavy (non-hydrogen) atoms. The summed E-state index contributed by atoms with van der Waals surface area (Å²) in [4.78, 5) is 24.6. The summed E-state index contributed by atoms with van der Waals surface area (Å²) in [5, 5.41) is 2.26. The number of esters is 1. The van der Waals surface area contributed by atoms with E-state index < -0.39 is 12.1 Å². The predicted molar refractivity (Wildman–Crippen MR) is 82.2 cm³/mol. The first kappa shape index (κ1) is 17.5. The second-order valence-corrected chi connectivity index (χ2v) is 5.85. The number of carbonyl (C=O) groups excluding carboxylic acids is 2. The number of carbonyl (C=O) groups is 2. The molecule has 1 amide bonds. The molecule has 2 atom stereocenters. The van der Waals surface area contributed by atoms with Crippen molar-refractivity contribution in [2.45, 2.75) is 30.1 Å². The molecule has 5 nitrogen and oxygen atoms in total. The van der Waals surface area contributed by atoms with Crippen LogP contribution < -0.4 is 5.32 Å². The van der Waals surface area contributed by atoms with Gasteiger partial charge in [-0.3, -0.25) is 9.59 Å². The van der Waals surface area contributed by atoms with E-state index in [9.17, 15) is 9.59 Å². The third kappa shape index (κ3) is 6.64. The van der Waals surface area contributed by atoms with Gasteiger partial charge < -0.3 is 14.8 Å². The fraction of sp³-hybridized carbons (Fsp3) is 0.467. The average Bonchev–Trinajstić information content (AvgIpc) is 2.48. The van der Waals surface area contributed by atoms with Crippen LogP contribution in [0.4, 0.5) is 0 Å². The van der Waals surface area contributed by atoms with Crippen LogP contribution in [0.5, 0.6) is 0 Å². The molecular formula is C15H21NO4S. The summed E-state index contributed by atoms with van der Waals surface area (Å²) >= 11 is 1.40. The minimum absolute atomic E-state index is 0.322. The molecule has 116 valence electrons. The monoisotopic (exact) mass is 311 g/mol. The summed E-state index contributed by atoms with van der Waals surface area (Å²) in [5.74, 6) is -0.726. The maximum Gasteiger partial charge on any atom is 0.319 e. The second-order valence-electron chi connectivity index (χ2n) is 4.44. The lowest BCUT2D eigenvalue weighted by atomic mass is 10.3. The molecule has 0 saturated carbocycles. The van der Waals surface area contributed by atoms with Crippen molar-refractivity contribution in [1.29, 1.82) is 0 Å². The highest BCUT2D eigenvalue weighted by molar-refractivity contribution is 8.00. The summed E-state index contributed by atoms with van der Waals surface area (Å²) in [5.41, 5.74) is 0. The quantitative estimate of drug-likeness (QED) is 0.451. The molecule has 0 radical (unpaired) electrons. The number of hydrogen-bond donors (Lipinski definition) is 1. The van der Waals surface area contributed by atoms with Crippen LogP contribution in [0, 0.1) is 0 Å². The molecule has 0 aliphatic heterocycles. The van der Waals surface area contributed by atoms with Gasteiger partial charge in [0.05, 0.1) is 6.61 Å². The fourth-order valence-electron chi connectivity index (χ4n) is 1.49. The molecule has 0 spiro atoms. The van der Waals surface area contributed by atoms with E-state index in [4.69, 9.17) is 9.47 Å². The van der Waals surface area contributed by atoms with Crippen molar-refractivity contribution in [3.05, 3.63) is 30.3 Å². The average molecular weight is 311 g/mol. The Balaban J connectivity index is 2.39. The highest BCUT2D eigenvalue weighted by Crippen LogP contribution is 2.23. The van der Waals surface area contributed by atoms with E-state index in [2.05, 4.69) is 5.32 Å². The van der Waals surface area contributed by atoms with Gasteiger partial charge in [-0.15, -0.1) is 11.8 Å². The van der Waals surface area contributed by atoms with Crippen LogP contribution in [0.3, 0.4) is 0 Å². The maximum absolute atomic E-state index is 11.9. The fourth-order valence-corrected chi connectivity index (χ4v) is 2.37. The first-order valence-corrected chi connectivity index (χ1v) is 7.61. The lowest BCUT2D eigenvalue weighted by molar-refractivity contribution is -0.154. The summed E-state index contributed by atoms with van der Waals surface area (Å²) in [6, 6.07) is 9.59. The second kappa shape index (κ2) is 9.41. The molecule has 0 aromatic heterocycles. The number of thioether (sulfide) groups is 1. The highest BCUT2D eigenvalue weighted by atomic mass is 32.2. The van der Waals surface area contributed by atoms with Crippen molar-refractivity contribution in [3.63, 3.8) is 0 Å². The van der Waals surface area contributed by atoms with Crippen molar-refractivity contribution in [3.8, 4) is 0 Å². The predicted octanol–water partition coefficient (Wildman–Crippen LogP) is 1.86. The molecule has 0 saturated heterocycles. The van der Waals surface area contributed by atoms with Gasteiger partial charge in [-0.05, 0) is 26.0 Å². The van der Waals surface area contributed by atoms with E-state index >= 15 is 0 Å². The third-order valence-electron chi connectivity index (χ3n) is 2.66. The largest absolute Gasteiger partial charge is 0.452 e. The number of nitrogens with one attached hydrogen (secondary N) is 1. The zero-order chi connectivity index (χ0) is 15.7. The molecule has 0 unspecified atom stereocenters. The molecule has 1 aromatic carbocycles. The molecule has 0 aliphatic rings. The Kier molecular flexibility index (Phi) is 7.85. The van der Waals surface area contributed by atoms with E-state index in [1.54, 1.807) is 21.0 Å². The lowest BCUT2D eigenvalue weighted by Gasteiger charge is -2.16. The van der Waals surface area contributed by atoms with E-state index in [1.165, 1.54) is 11.8 Å². The van der Waals surface area contributed by atoms with Crippen molar-refractivity contribution in [2.75, 3.05) is 20.3 Å². The van der Waals surface area contributed by atoms with Crippen LogP contribution in [0.1, 0.15) is 13.8 Å². The molecule has 1 N–H and O–H groups in total. The van der Waals surface area contributed by atoms with E-state index in [1.807, 2.05) is 30.3 Å². The Morgan fingerprint density at radius 1 is 1.24 bits per heavy atom. The Morgan fingerprint density at radius 3 is 2.52 bits per heavy atom. The van der Waals surface area contributed by atoms with Gasteiger partial charge in [-0.1, -0.05) is 18.2 Å². The standard InChI is InChI=1S/C15H21NO4S/c1-11(14(17)16-9-10-19-3)20-15(18)12(2)21-13-7-5-4-6-8-13/h4-8,11-12H,9-10H2,1-3H3,(H,16,17)/t11-,12+/m1/s1. The summed E-state index contributed by atoms with van der Waals surface area (Å²) in [7, 11) is 1.55. The number of methoxy groups -OCH3 is 1. The zero-order valence-corrected chi connectivity index (χ0v) is 13.3. The highest BCUT2D eigenvalue weighted by Gasteiger charge is 2.22. The van der Waals surface area contributed by atoms with E-state index in [-0.39, 0.29) is 11.2 Å². The zero-order valence-electron chi connectivity index (χ0n) is 12.5. The third-order valence-corrected chi connectivity index (χ3v) is 3.75. The number of benzene rings is 1. The van der Waals surface area contributed by atoms with Gasteiger partial charge in [-0.2, -0.15) is 0 Å². The SMILES string of the molecule is COCCNC(=O)[C@@H](C)OC(=O)[C@H](C)Sc1ccccc1. The van der Waals surface area contributed by atoms with Gasteiger partial charge in [0.2, 0.25) is 0 Å². The van der Waals surface area contributed by atoms with Crippen LogP contribution in [-0.4, -0.2) is 43.5 Å². The van der Waals surface area contributed by atoms with Crippen LogP contribution in [-0.2, 0) is 19.1 Å². The van der Waals surface area contributed by atoms with E-state index in [0.717, 1.165) is 4.90 Å². The van der Waals surface area contributed by atoms with Crippen LogP contribution in [0.15, 0.2) is 35.2 Å². The molecule has 0 aliphatic carbocycles. The maximum atomic E-state index is 11.9. The van der Waals surface area contributed by atoms with Crippen LogP contribution >= 0.6 is 11.8 Å². The van der Waals surface area contributed by atoms with Gasteiger partial charge in [0, 0.05) is 18.6 Å². The van der Waals surface area contributed by atoms with Crippen molar-refractivity contribution >= 4 is 23.6 Å². The first-order chi connectivity index (χ1) is 10.0. The van der Waals surface area contributed by atoms with Gasteiger partial charge in [0.25, 0.3) is 5.91 Å². The van der Waals surface area contributed by atoms with E-state index in [0.29, 0.717) is 13.2 Å². The topological polar surface area (TPSA) is 64.6 Å². The smallest absolute Gasteiger partial charge is 0.319 e. The number of rotatable bonds is 8. The summed E-state index contributed by atoms with van der Waals surface area (Å²) < 4.78 is 10.00. The molecule has 6 heteroatoms. The van der Waals surface area contributed by atoms with Gasteiger partial charge >= 0.3 is 5.97 Å². The number of amides is 1. The van der Waals surface area contributed by atoms with Gasteiger partial charge in [0.15, 0.2) is 6.10 Å². The first-order valence-electron chi connectivity index (χ1n) is 6.73. The number of hydrogen-bond acceptors (Lipinski definition) is 5. The Labute approximate surface area is 129 Å². The molecular weight excluding hydrogens is 290 g/mol. The minimum Gasteiger partial charge on any atom is -0.452 e.